The highest BCUT2D eigenvalue weighted by Gasteiger charge is 2.37. The van der Waals surface area contributed by atoms with Gasteiger partial charge in [-0.1, -0.05) is 0 Å². The second-order valence-electron chi connectivity index (χ2n) is 4.82. The molecule has 0 aliphatic carbocycles. The lowest BCUT2D eigenvalue weighted by molar-refractivity contribution is -0.138. The lowest BCUT2D eigenvalue weighted by Gasteiger charge is -2.13. The van der Waals surface area contributed by atoms with Crippen LogP contribution >= 0.6 is 0 Å². The maximum Gasteiger partial charge on any atom is 0.417 e. The number of alkyl halides is 3. The maximum atomic E-state index is 12.9. The first kappa shape index (κ1) is 15.7. The summed E-state index contributed by atoms with van der Waals surface area (Å²) >= 11 is 0. The Morgan fingerprint density at radius 3 is 2.45 bits per heavy atom. The van der Waals surface area contributed by atoms with Crippen LogP contribution in [0.25, 0.3) is 5.53 Å². The first-order chi connectivity index (χ1) is 10.4. The Hall–Kier alpha value is -2.65. The number of carbonyl (C=O) groups is 1. The van der Waals surface area contributed by atoms with Crippen molar-refractivity contribution in [2.24, 2.45) is 0 Å². The second-order valence-corrected chi connectivity index (χ2v) is 4.82. The minimum atomic E-state index is -4.74. The molecule has 8 heteroatoms. The third-order valence-electron chi connectivity index (χ3n) is 3.41. The van der Waals surface area contributed by atoms with Crippen LogP contribution in [0.2, 0.25) is 0 Å². The van der Waals surface area contributed by atoms with Crippen LogP contribution in [0.4, 0.5) is 13.2 Å². The summed E-state index contributed by atoms with van der Waals surface area (Å²) in [4.78, 5) is 16.5. The molecule has 0 radical (unpaired) electrons. The standard InChI is InChI=1S/C14H11F3N4O/c15-14(16,17)11-7-9(3-4-10(11)8-18)12(20-19)13(22)21-5-1-2-6-21/h3-4,7H,1-2,5-6H2. The zero-order valence-electron chi connectivity index (χ0n) is 11.4. The van der Waals surface area contributed by atoms with Gasteiger partial charge >= 0.3 is 17.8 Å². The average Bonchev–Trinajstić information content (AvgIpc) is 3.01. The summed E-state index contributed by atoms with van der Waals surface area (Å²) in [6.07, 6.45) is -3.14. The fourth-order valence-electron chi connectivity index (χ4n) is 2.32. The molecular weight excluding hydrogens is 297 g/mol. The predicted molar refractivity (Wildman–Crippen MR) is 69.7 cm³/mol. The van der Waals surface area contributed by atoms with Crippen molar-refractivity contribution in [1.29, 1.82) is 5.26 Å². The molecule has 0 spiro atoms. The Morgan fingerprint density at radius 1 is 1.32 bits per heavy atom. The van der Waals surface area contributed by atoms with Crippen molar-refractivity contribution in [3.63, 3.8) is 0 Å². The van der Waals surface area contributed by atoms with Gasteiger partial charge in [-0.05, 0) is 31.0 Å². The molecule has 22 heavy (non-hydrogen) atoms. The predicted octanol–water partition coefficient (Wildman–Crippen LogP) is 2.22. The van der Waals surface area contributed by atoms with Gasteiger partial charge in [0.15, 0.2) is 0 Å². The van der Waals surface area contributed by atoms with Crippen molar-refractivity contribution >= 4 is 11.6 Å². The van der Waals surface area contributed by atoms with E-state index in [1.54, 1.807) is 0 Å². The van der Waals surface area contributed by atoms with Gasteiger partial charge in [0.1, 0.15) is 0 Å². The molecular formula is C14H11F3N4O. The number of halogens is 3. The highest BCUT2D eigenvalue weighted by atomic mass is 19.4. The van der Waals surface area contributed by atoms with E-state index in [9.17, 15) is 18.0 Å². The van der Waals surface area contributed by atoms with E-state index < -0.39 is 28.9 Å². The minimum Gasteiger partial charge on any atom is -0.361 e. The number of benzene rings is 1. The Balaban J connectivity index is 2.45. The van der Waals surface area contributed by atoms with Gasteiger partial charge in [0.05, 0.1) is 22.8 Å². The van der Waals surface area contributed by atoms with Crippen LogP contribution in [-0.4, -0.2) is 34.4 Å². The fourth-order valence-corrected chi connectivity index (χ4v) is 2.32. The number of hydrogen-bond donors (Lipinski definition) is 0. The molecule has 1 aliphatic heterocycles. The molecule has 2 rings (SSSR count). The van der Waals surface area contributed by atoms with Crippen molar-refractivity contribution in [1.82, 2.24) is 4.90 Å². The second kappa shape index (κ2) is 6.00. The van der Waals surface area contributed by atoms with E-state index in [0.717, 1.165) is 25.0 Å². The Kier molecular flexibility index (Phi) is 4.29. The average molecular weight is 308 g/mol. The molecule has 1 aliphatic rings. The van der Waals surface area contributed by atoms with Gasteiger partial charge in [-0.2, -0.15) is 23.2 Å². The van der Waals surface area contributed by atoms with Gasteiger partial charge in [0, 0.05) is 13.1 Å². The molecule has 1 aromatic carbocycles. The van der Waals surface area contributed by atoms with Crippen LogP contribution in [0.5, 0.6) is 0 Å². The SMILES string of the molecule is N#Cc1ccc(C(=[N+]=[N-])C(=O)N2CCCC2)cc1C(F)(F)F. The van der Waals surface area contributed by atoms with Gasteiger partial charge in [-0.25, -0.2) is 0 Å². The van der Waals surface area contributed by atoms with Crippen LogP contribution < -0.4 is 0 Å². The number of rotatable bonds is 2. The minimum absolute atomic E-state index is 0.175. The Bertz CT molecular complexity index is 693. The summed E-state index contributed by atoms with van der Waals surface area (Å²) in [6, 6.07) is 4.23. The summed E-state index contributed by atoms with van der Waals surface area (Å²) < 4.78 is 38.8. The third kappa shape index (κ3) is 3.00. The summed E-state index contributed by atoms with van der Waals surface area (Å²) in [5.41, 5.74) is 6.67. The summed E-state index contributed by atoms with van der Waals surface area (Å²) in [6.45, 7) is 0.945. The topological polar surface area (TPSA) is 80.5 Å². The molecule has 1 fully saturated rings. The number of hydrogen-bond acceptors (Lipinski definition) is 2. The third-order valence-corrected chi connectivity index (χ3v) is 3.41. The van der Waals surface area contributed by atoms with Gasteiger partial charge in [0.25, 0.3) is 0 Å². The largest absolute Gasteiger partial charge is 0.417 e. The van der Waals surface area contributed by atoms with Crippen molar-refractivity contribution < 1.29 is 22.8 Å². The van der Waals surface area contributed by atoms with Crippen LogP contribution in [0.3, 0.4) is 0 Å². The van der Waals surface area contributed by atoms with Crippen molar-refractivity contribution in [2.45, 2.75) is 19.0 Å². The molecule has 1 amide bonds. The molecule has 0 atom stereocenters. The number of nitrogens with zero attached hydrogens (tertiary/aromatic N) is 4. The molecule has 0 N–H and O–H groups in total. The van der Waals surface area contributed by atoms with Gasteiger partial charge in [-0.15, -0.1) is 0 Å². The van der Waals surface area contributed by atoms with Crippen molar-refractivity contribution in [3.8, 4) is 6.07 Å². The van der Waals surface area contributed by atoms with E-state index in [0.29, 0.717) is 19.2 Å². The van der Waals surface area contributed by atoms with Crippen LogP contribution in [0.15, 0.2) is 18.2 Å². The summed E-state index contributed by atoms with van der Waals surface area (Å²) in [7, 11) is 0. The van der Waals surface area contributed by atoms with Gasteiger partial charge in [-0.3, -0.25) is 4.79 Å². The van der Waals surface area contributed by atoms with E-state index in [-0.39, 0.29) is 5.56 Å². The highest BCUT2D eigenvalue weighted by Crippen LogP contribution is 2.32. The molecule has 0 aromatic heterocycles. The van der Waals surface area contributed by atoms with Crippen LogP contribution in [0, 0.1) is 11.3 Å². The zero-order chi connectivity index (χ0) is 16.3. The molecule has 1 heterocycles. The molecule has 114 valence electrons. The number of likely N-dealkylation sites (tertiary alicyclic amines) is 1. The smallest absolute Gasteiger partial charge is 0.361 e. The lowest BCUT2D eigenvalue weighted by atomic mass is 10.0. The zero-order valence-corrected chi connectivity index (χ0v) is 11.4. The normalized spacial score (nSPS) is 14.4. The molecule has 0 saturated carbocycles. The van der Waals surface area contributed by atoms with Gasteiger partial charge in [0.2, 0.25) is 0 Å². The lowest BCUT2D eigenvalue weighted by Crippen LogP contribution is -2.35. The number of nitriles is 1. The van der Waals surface area contributed by atoms with E-state index in [4.69, 9.17) is 10.8 Å². The van der Waals surface area contributed by atoms with E-state index in [1.165, 1.54) is 11.0 Å². The molecule has 1 saturated heterocycles. The van der Waals surface area contributed by atoms with Gasteiger partial charge < -0.3 is 10.4 Å². The summed E-state index contributed by atoms with van der Waals surface area (Å²) in [5, 5.41) is 8.75. The number of amides is 1. The van der Waals surface area contributed by atoms with E-state index in [1.807, 2.05) is 0 Å². The molecule has 1 aromatic rings. The monoisotopic (exact) mass is 308 g/mol. The first-order valence-corrected chi connectivity index (χ1v) is 6.51. The number of carbonyl (C=O) groups excluding carboxylic acids is 1. The summed E-state index contributed by atoms with van der Waals surface area (Å²) in [5.74, 6) is -0.627. The Labute approximate surface area is 124 Å². The van der Waals surface area contributed by atoms with E-state index >= 15 is 0 Å². The van der Waals surface area contributed by atoms with Crippen LogP contribution in [0.1, 0.15) is 29.5 Å². The van der Waals surface area contributed by atoms with Crippen molar-refractivity contribution in [2.75, 3.05) is 13.1 Å². The molecule has 0 unspecified atom stereocenters. The van der Waals surface area contributed by atoms with Crippen molar-refractivity contribution in [3.05, 3.63) is 40.4 Å². The maximum absolute atomic E-state index is 12.9. The quantitative estimate of drug-likeness (QED) is 0.477. The first-order valence-electron chi connectivity index (χ1n) is 6.51. The molecule has 0 bridgehead atoms. The molecule has 5 nitrogen and oxygen atoms in total. The van der Waals surface area contributed by atoms with Crippen LogP contribution in [-0.2, 0) is 11.0 Å². The Morgan fingerprint density at radius 2 is 1.95 bits per heavy atom. The fraction of sp³-hybridized carbons (Fsp3) is 0.357. The highest BCUT2D eigenvalue weighted by molar-refractivity contribution is 6.42. The van der Waals surface area contributed by atoms with E-state index in [2.05, 4.69) is 4.79 Å².